The summed E-state index contributed by atoms with van der Waals surface area (Å²) in [5, 5.41) is 7.97. The van der Waals surface area contributed by atoms with Crippen LogP contribution < -0.4 is 22.3 Å². The number of anilines is 2. The van der Waals surface area contributed by atoms with E-state index in [9.17, 15) is 0 Å². The van der Waals surface area contributed by atoms with Crippen LogP contribution in [0.2, 0.25) is 0 Å². The van der Waals surface area contributed by atoms with Gasteiger partial charge in [0.2, 0.25) is 0 Å². The third kappa shape index (κ3) is 7.19. The zero-order chi connectivity index (χ0) is 22.4. The van der Waals surface area contributed by atoms with Gasteiger partial charge in [0.25, 0.3) is 0 Å². The molecular formula is C22H22N10. The fourth-order valence-electron chi connectivity index (χ4n) is 2.24. The standard InChI is InChI=1S/2C11H11N5/c2*12-11(9-5-1-3-7-13-9)16-15-10-6-2-4-8-14-10/h2*1-8H,(H2,12,16)(H,14,15). The molecule has 6 N–H and O–H groups in total. The highest BCUT2D eigenvalue weighted by atomic mass is 15.3. The van der Waals surface area contributed by atoms with Crippen LogP contribution in [-0.2, 0) is 0 Å². The average Bonchev–Trinajstić information content (AvgIpc) is 2.88. The van der Waals surface area contributed by atoms with Crippen LogP contribution in [0.15, 0.2) is 108 Å². The Balaban J connectivity index is 0.000000181. The number of rotatable bonds is 6. The van der Waals surface area contributed by atoms with Crippen molar-refractivity contribution < 1.29 is 0 Å². The molecule has 4 heterocycles. The van der Waals surface area contributed by atoms with Gasteiger partial charge < -0.3 is 11.5 Å². The van der Waals surface area contributed by atoms with E-state index in [2.05, 4.69) is 41.0 Å². The van der Waals surface area contributed by atoms with E-state index >= 15 is 0 Å². The van der Waals surface area contributed by atoms with Gasteiger partial charge in [0.1, 0.15) is 23.0 Å². The number of aromatic nitrogens is 4. The maximum absolute atomic E-state index is 5.74. The summed E-state index contributed by atoms with van der Waals surface area (Å²) in [6.07, 6.45) is 6.68. The van der Waals surface area contributed by atoms with Gasteiger partial charge in [-0.25, -0.2) is 9.97 Å². The van der Waals surface area contributed by atoms with Gasteiger partial charge in [-0.05, 0) is 48.5 Å². The molecule has 0 amide bonds. The lowest BCUT2D eigenvalue weighted by atomic mass is 10.3. The lowest BCUT2D eigenvalue weighted by molar-refractivity contribution is 1.20. The molecule has 0 aromatic carbocycles. The number of hydrogen-bond donors (Lipinski definition) is 4. The minimum absolute atomic E-state index is 0.325. The quantitative estimate of drug-likeness (QED) is 0.208. The van der Waals surface area contributed by atoms with Gasteiger partial charge in [0.15, 0.2) is 11.7 Å². The fraction of sp³-hybridized carbons (Fsp3) is 0. The molecule has 0 bridgehead atoms. The topological polar surface area (TPSA) is 152 Å². The van der Waals surface area contributed by atoms with E-state index < -0.39 is 0 Å². The van der Waals surface area contributed by atoms with E-state index in [1.807, 2.05) is 48.5 Å². The number of nitrogens with zero attached hydrogens (tertiary/aromatic N) is 6. The second kappa shape index (κ2) is 12.0. The number of hydrazone groups is 2. The van der Waals surface area contributed by atoms with E-state index in [0.29, 0.717) is 34.7 Å². The predicted octanol–water partition coefficient (Wildman–Crippen LogP) is 2.42. The van der Waals surface area contributed by atoms with Crippen LogP contribution >= 0.6 is 0 Å². The molecule has 32 heavy (non-hydrogen) atoms. The Kier molecular flexibility index (Phi) is 8.17. The molecule has 0 saturated heterocycles. The zero-order valence-corrected chi connectivity index (χ0v) is 17.1. The van der Waals surface area contributed by atoms with Crippen molar-refractivity contribution in [3.05, 3.63) is 109 Å². The molecule has 4 aromatic rings. The molecule has 0 aliphatic carbocycles. The number of amidine groups is 2. The summed E-state index contributed by atoms with van der Waals surface area (Å²) in [7, 11) is 0. The van der Waals surface area contributed by atoms with Gasteiger partial charge in [-0.3, -0.25) is 20.8 Å². The molecule has 0 spiro atoms. The van der Waals surface area contributed by atoms with E-state index in [1.54, 1.807) is 49.1 Å². The van der Waals surface area contributed by atoms with Gasteiger partial charge >= 0.3 is 0 Å². The molecule has 10 heteroatoms. The fourth-order valence-corrected chi connectivity index (χ4v) is 2.24. The Hall–Kier alpha value is -4.86. The summed E-state index contributed by atoms with van der Waals surface area (Å²) in [5.41, 5.74) is 18.3. The molecule has 4 rings (SSSR count). The molecule has 0 saturated carbocycles. The number of nitrogens with one attached hydrogen (secondary N) is 2. The Morgan fingerprint density at radius 3 is 1.22 bits per heavy atom. The van der Waals surface area contributed by atoms with Crippen LogP contribution in [0.5, 0.6) is 0 Å². The molecule has 4 aromatic heterocycles. The third-order valence-corrected chi connectivity index (χ3v) is 3.77. The zero-order valence-electron chi connectivity index (χ0n) is 17.1. The monoisotopic (exact) mass is 426 g/mol. The van der Waals surface area contributed by atoms with Crippen LogP contribution in [0, 0.1) is 0 Å². The summed E-state index contributed by atoms with van der Waals surface area (Å²) in [6.45, 7) is 0. The van der Waals surface area contributed by atoms with Crippen molar-refractivity contribution in [3.63, 3.8) is 0 Å². The van der Waals surface area contributed by atoms with Gasteiger partial charge in [-0.2, -0.15) is 10.2 Å². The van der Waals surface area contributed by atoms with Crippen LogP contribution in [0.3, 0.4) is 0 Å². The molecule has 0 radical (unpaired) electrons. The first-order valence-electron chi connectivity index (χ1n) is 9.55. The van der Waals surface area contributed by atoms with Crippen LogP contribution in [0.25, 0.3) is 0 Å². The lowest BCUT2D eigenvalue weighted by Gasteiger charge is -2.01. The minimum atomic E-state index is 0.325. The molecule has 0 fully saturated rings. The first-order valence-corrected chi connectivity index (χ1v) is 9.55. The average molecular weight is 426 g/mol. The first-order chi connectivity index (χ1) is 15.7. The molecule has 0 aliphatic heterocycles. The van der Waals surface area contributed by atoms with Crippen molar-refractivity contribution in [2.75, 3.05) is 10.9 Å². The Morgan fingerprint density at radius 1 is 0.531 bits per heavy atom. The van der Waals surface area contributed by atoms with E-state index in [4.69, 9.17) is 11.5 Å². The van der Waals surface area contributed by atoms with Crippen LogP contribution in [-0.4, -0.2) is 31.6 Å². The molecular weight excluding hydrogens is 404 g/mol. The lowest BCUT2D eigenvalue weighted by Crippen LogP contribution is -2.16. The van der Waals surface area contributed by atoms with Crippen molar-refractivity contribution in [2.45, 2.75) is 0 Å². The van der Waals surface area contributed by atoms with Crippen molar-refractivity contribution in [1.29, 1.82) is 0 Å². The van der Waals surface area contributed by atoms with E-state index in [1.165, 1.54) is 0 Å². The van der Waals surface area contributed by atoms with E-state index in [-0.39, 0.29) is 0 Å². The molecule has 10 nitrogen and oxygen atoms in total. The Bertz CT molecular complexity index is 1030. The molecule has 0 atom stereocenters. The van der Waals surface area contributed by atoms with Gasteiger partial charge in [0, 0.05) is 24.8 Å². The summed E-state index contributed by atoms with van der Waals surface area (Å²) in [4.78, 5) is 16.2. The number of pyridine rings is 4. The van der Waals surface area contributed by atoms with Crippen LogP contribution in [0.4, 0.5) is 11.6 Å². The second-order valence-electron chi connectivity index (χ2n) is 6.08. The normalized spacial score (nSPS) is 11.1. The maximum Gasteiger partial charge on any atom is 0.169 e. The third-order valence-electron chi connectivity index (χ3n) is 3.77. The highest BCUT2D eigenvalue weighted by molar-refractivity contribution is 5.96. The molecule has 160 valence electrons. The minimum Gasteiger partial charge on any atom is -0.380 e. The maximum atomic E-state index is 5.74. The largest absolute Gasteiger partial charge is 0.380 e. The molecule has 0 aliphatic rings. The van der Waals surface area contributed by atoms with Gasteiger partial charge in [-0.15, -0.1) is 0 Å². The highest BCUT2D eigenvalue weighted by Gasteiger charge is 1.99. The number of hydrogen-bond acceptors (Lipinski definition) is 8. The van der Waals surface area contributed by atoms with Crippen molar-refractivity contribution in [1.82, 2.24) is 19.9 Å². The van der Waals surface area contributed by atoms with Gasteiger partial charge in [-0.1, -0.05) is 24.3 Å². The summed E-state index contributed by atoms with van der Waals surface area (Å²) in [6, 6.07) is 21.9. The molecule has 0 unspecified atom stereocenters. The van der Waals surface area contributed by atoms with Crippen molar-refractivity contribution in [3.8, 4) is 0 Å². The SMILES string of the molecule is N/C(=N\Nc1ccccn1)c1ccccn1.N/C(=N\Nc1ccccn1)c1ccccn1. The van der Waals surface area contributed by atoms with Crippen molar-refractivity contribution in [2.24, 2.45) is 21.7 Å². The predicted molar refractivity (Wildman–Crippen MR) is 126 cm³/mol. The summed E-state index contributed by atoms with van der Waals surface area (Å²) < 4.78 is 0. The highest BCUT2D eigenvalue weighted by Crippen LogP contribution is 2.01. The second-order valence-corrected chi connectivity index (χ2v) is 6.08. The first kappa shape index (κ1) is 21.8. The van der Waals surface area contributed by atoms with Crippen molar-refractivity contribution >= 4 is 23.3 Å². The van der Waals surface area contributed by atoms with Crippen LogP contribution in [0.1, 0.15) is 11.4 Å². The summed E-state index contributed by atoms with van der Waals surface area (Å²) in [5.74, 6) is 1.93. The summed E-state index contributed by atoms with van der Waals surface area (Å²) >= 11 is 0. The Morgan fingerprint density at radius 2 is 0.906 bits per heavy atom. The van der Waals surface area contributed by atoms with E-state index in [0.717, 1.165) is 0 Å². The number of nitrogens with two attached hydrogens (primary N) is 2. The van der Waals surface area contributed by atoms with Gasteiger partial charge in [0.05, 0.1) is 0 Å². The Labute approximate surface area is 185 Å². The smallest absolute Gasteiger partial charge is 0.169 e.